The number of nitrogens with zero attached hydrogens (tertiary/aromatic N) is 4. The number of thiophene rings is 1. The molecule has 1 atom stereocenters. The maximum atomic E-state index is 12.2. The molecule has 0 spiro atoms. The van der Waals surface area contributed by atoms with E-state index in [4.69, 9.17) is 11.4 Å². The zero-order valence-corrected chi connectivity index (χ0v) is 22.0. The average molecular weight is 486 g/mol. The van der Waals surface area contributed by atoms with E-state index in [1.807, 2.05) is 37.6 Å². The number of allylic oxidation sites excluding steroid dienone is 1. The van der Waals surface area contributed by atoms with E-state index in [9.17, 15) is 4.79 Å². The molecule has 6 heteroatoms. The zero-order valence-electron chi connectivity index (χ0n) is 21.2. The van der Waals surface area contributed by atoms with Gasteiger partial charge in [-0.2, -0.15) is 0 Å². The third kappa shape index (κ3) is 5.87. The first kappa shape index (κ1) is 26.3. The molecule has 1 radical (unpaired) electrons. The Kier molecular flexibility index (Phi) is 8.97. The van der Waals surface area contributed by atoms with Gasteiger partial charge < -0.3 is 0 Å². The molecule has 5 nitrogen and oxygen atoms in total. The minimum Gasteiger partial charge on any atom is -0.296 e. The van der Waals surface area contributed by atoms with Crippen LogP contribution in [0.25, 0.3) is 16.5 Å². The predicted molar refractivity (Wildman–Crippen MR) is 147 cm³/mol. The lowest BCUT2D eigenvalue weighted by Crippen LogP contribution is -2.39. The minimum absolute atomic E-state index is 0.0467. The summed E-state index contributed by atoms with van der Waals surface area (Å²) in [6.07, 6.45) is 14.8. The molecule has 4 heterocycles. The van der Waals surface area contributed by atoms with E-state index in [0.717, 1.165) is 52.5 Å². The topological polar surface area (TPSA) is 51.0 Å². The smallest absolute Gasteiger partial charge is 0.253 e. The van der Waals surface area contributed by atoms with Crippen LogP contribution in [0.2, 0.25) is 0 Å². The van der Waals surface area contributed by atoms with Crippen LogP contribution in [0.1, 0.15) is 49.1 Å². The van der Waals surface area contributed by atoms with Crippen LogP contribution in [-0.4, -0.2) is 32.0 Å². The van der Waals surface area contributed by atoms with Crippen LogP contribution >= 0.6 is 11.3 Å². The molecule has 0 aromatic carbocycles. The lowest BCUT2D eigenvalue weighted by molar-refractivity contribution is 0.230. The number of hydrogen-bond acceptors (Lipinski definition) is 5. The summed E-state index contributed by atoms with van der Waals surface area (Å²) >= 11 is 1.65. The standard InChI is InChI=1S/C27H28N4OS.C2H5/c1-6-8-24(18(3)13-25-29-19(4)14-26(32)30(25)5)31-11-9-23-22(17-31)15-21(16-28-23)27-20(7-2)10-12-33-27;1-2/h2,6,8,10,12-16,24H,9,11,17H2,1,3-5H3;1H2,2H3/b8-6-,18-13-;. The number of fused-ring (bicyclic) bond motifs is 1. The molecule has 0 N–H and O–H groups in total. The molecular weight excluding hydrogens is 452 g/mol. The lowest BCUT2D eigenvalue weighted by Gasteiger charge is -2.34. The molecule has 35 heavy (non-hydrogen) atoms. The summed E-state index contributed by atoms with van der Waals surface area (Å²) in [5.74, 6) is 3.45. The van der Waals surface area contributed by atoms with E-state index in [1.165, 1.54) is 5.56 Å². The summed E-state index contributed by atoms with van der Waals surface area (Å²) in [6.45, 7) is 12.7. The molecule has 181 valence electrons. The van der Waals surface area contributed by atoms with Gasteiger partial charge in [-0.3, -0.25) is 19.2 Å². The highest BCUT2D eigenvalue weighted by molar-refractivity contribution is 7.13. The Bertz CT molecular complexity index is 1340. The van der Waals surface area contributed by atoms with Crippen molar-refractivity contribution in [2.24, 2.45) is 7.05 Å². The highest BCUT2D eigenvalue weighted by Gasteiger charge is 2.24. The van der Waals surface area contributed by atoms with Gasteiger partial charge in [0.1, 0.15) is 5.82 Å². The summed E-state index contributed by atoms with van der Waals surface area (Å²) in [4.78, 5) is 25.1. The number of aromatic nitrogens is 3. The minimum atomic E-state index is -0.0467. The highest BCUT2D eigenvalue weighted by Crippen LogP contribution is 2.32. The fourth-order valence-electron chi connectivity index (χ4n) is 4.29. The van der Waals surface area contributed by atoms with Gasteiger partial charge in [0.15, 0.2) is 0 Å². The molecule has 0 saturated carbocycles. The molecule has 3 aromatic rings. The summed E-state index contributed by atoms with van der Waals surface area (Å²) in [7, 11) is 1.76. The van der Waals surface area contributed by atoms with Gasteiger partial charge in [0.05, 0.1) is 4.88 Å². The highest BCUT2D eigenvalue weighted by atomic mass is 32.1. The van der Waals surface area contributed by atoms with Crippen LogP contribution in [-0.2, 0) is 20.0 Å². The van der Waals surface area contributed by atoms with Crippen LogP contribution in [0.3, 0.4) is 0 Å². The van der Waals surface area contributed by atoms with Gasteiger partial charge in [0.2, 0.25) is 0 Å². The summed E-state index contributed by atoms with van der Waals surface area (Å²) < 4.78 is 1.59. The van der Waals surface area contributed by atoms with Crippen molar-refractivity contribution in [2.45, 2.75) is 46.7 Å². The van der Waals surface area contributed by atoms with Crippen LogP contribution in [0.15, 0.2) is 52.3 Å². The van der Waals surface area contributed by atoms with Crippen molar-refractivity contribution in [3.05, 3.63) is 93.1 Å². The Morgan fingerprint density at radius 2 is 2.11 bits per heavy atom. The quantitative estimate of drug-likeness (QED) is 0.357. The van der Waals surface area contributed by atoms with Crippen molar-refractivity contribution >= 4 is 17.4 Å². The fourth-order valence-corrected chi connectivity index (χ4v) is 5.14. The first-order valence-electron chi connectivity index (χ1n) is 11.7. The Morgan fingerprint density at radius 1 is 1.34 bits per heavy atom. The number of pyridine rings is 1. The zero-order chi connectivity index (χ0) is 25.5. The van der Waals surface area contributed by atoms with Crippen molar-refractivity contribution in [1.29, 1.82) is 0 Å². The van der Waals surface area contributed by atoms with Crippen molar-refractivity contribution < 1.29 is 0 Å². The Balaban J connectivity index is 0.00000167. The monoisotopic (exact) mass is 485 g/mol. The molecular formula is C29H33N4OS. The predicted octanol–water partition coefficient (Wildman–Crippen LogP) is 5.44. The van der Waals surface area contributed by atoms with E-state index in [-0.39, 0.29) is 11.6 Å². The molecule has 1 aliphatic rings. The SMILES string of the molecule is C#Cc1ccsc1-c1cnc2c(c1)CN(C(/C=C\C)/C(C)=C\c1nc(C)cc(=O)n1C)CC2.[CH2]C. The Hall–Kier alpha value is -3.27. The molecule has 0 fully saturated rings. The van der Waals surface area contributed by atoms with Crippen molar-refractivity contribution in [3.8, 4) is 22.8 Å². The molecule has 1 unspecified atom stereocenters. The summed E-state index contributed by atoms with van der Waals surface area (Å²) in [5.41, 5.74) is 6.20. The second kappa shape index (κ2) is 11.9. The fraction of sp³-hybridized carbons (Fsp3) is 0.310. The molecule has 1 aliphatic heterocycles. The second-order valence-corrected chi connectivity index (χ2v) is 9.29. The maximum Gasteiger partial charge on any atom is 0.253 e. The van der Waals surface area contributed by atoms with E-state index < -0.39 is 0 Å². The number of terminal acetylenes is 1. The van der Waals surface area contributed by atoms with Crippen molar-refractivity contribution in [2.75, 3.05) is 6.54 Å². The Labute approximate surface area is 212 Å². The van der Waals surface area contributed by atoms with Gasteiger partial charge in [-0.25, -0.2) is 4.98 Å². The van der Waals surface area contributed by atoms with Crippen molar-refractivity contribution in [1.82, 2.24) is 19.4 Å². The van der Waals surface area contributed by atoms with Gasteiger partial charge in [0, 0.05) is 67.4 Å². The van der Waals surface area contributed by atoms with Crippen LogP contribution in [0.4, 0.5) is 0 Å². The first-order valence-corrected chi connectivity index (χ1v) is 12.6. The average Bonchev–Trinajstić information content (AvgIpc) is 3.35. The summed E-state index contributed by atoms with van der Waals surface area (Å²) in [6, 6.07) is 5.88. The van der Waals surface area contributed by atoms with Gasteiger partial charge in [-0.15, -0.1) is 17.8 Å². The first-order chi connectivity index (χ1) is 16.9. The number of rotatable bonds is 5. The molecule has 0 amide bonds. The van der Waals surface area contributed by atoms with E-state index in [1.54, 1.807) is 35.9 Å². The van der Waals surface area contributed by atoms with Gasteiger partial charge in [-0.1, -0.05) is 31.9 Å². The normalized spacial score (nSPS) is 14.7. The lowest BCUT2D eigenvalue weighted by atomic mass is 9.98. The van der Waals surface area contributed by atoms with Gasteiger partial charge >= 0.3 is 0 Å². The van der Waals surface area contributed by atoms with Gasteiger partial charge in [-0.05, 0) is 55.5 Å². The molecule has 4 rings (SSSR count). The van der Waals surface area contributed by atoms with Crippen LogP contribution < -0.4 is 5.56 Å². The van der Waals surface area contributed by atoms with Crippen LogP contribution in [0.5, 0.6) is 0 Å². The van der Waals surface area contributed by atoms with E-state index in [2.05, 4.69) is 47.9 Å². The third-order valence-corrected chi connectivity index (χ3v) is 7.00. The maximum absolute atomic E-state index is 12.2. The summed E-state index contributed by atoms with van der Waals surface area (Å²) in [5, 5.41) is 2.03. The van der Waals surface area contributed by atoms with Crippen LogP contribution in [0, 0.1) is 26.2 Å². The van der Waals surface area contributed by atoms with Crippen molar-refractivity contribution in [3.63, 3.8) is 0 Å². The molecule has 3 aromatic heterocycles. The second-order valence-electron chi connectivity index (χ2n) is 8.37. The van der Waals surface area contributed by atoms with Gasteiger partial charge in [0.25, 0.3) is 5.56 Å². The Morgan fingerprint density at radius 3 is 2.83 bits per heavy atom. The molecule has 0 aliphatic carbocycles. The molecule has 0 bridgehead atoms. The molecule has 0 saturated heterocycles. The van der Waals surface area contributed by atoms with E-state index in [0.29, 0.717) is 5.82 Å². The third-order valence-electron chi connectivity index (χ3n) is 6.04. The van der Waals surface area contributed by atoms with E-state index >= 15 is 0 Å². The number of aryl methyl sites for hydroxylation is 1. The largest absolute Gasteiger partial charge is 0.296 e. The number of hydrogen-bond donors (Lipinski definition) is 0.